The molecule has 3 aromatic rings. The van der Waals surface area contributed by atoms with Crippen LogP contribution in [0.1, 0.15) is 30.3 Å². The Morgan fingerprint density at radius 1 is 1.03 bits per heavy atom. The molecule has 7 heteroatoms. The average molecular weight is 444 g/mol. The zero-order valence-corrected chi connectivity index (χ0v) is 18.5. The van der Waals surface area contributed by atoms with Gasteiger partial charge in [0.05, 0.1) is 28.5 Å². The van der Waals surface area contributed by atoms with Crippen molar-refractivity contribution < 1.29 is 9.53 Å². The number of amides is 1. The van der Waals surface area contributed by atoms with Crippen molar-refractivity contribution >= 4 is 29.1 Å². The standard InChI is InChI=1S/C23H23Cl2N3O2/c1-15-9-11-27(12-10-15)23(29)22-14-21(16-3-6-18(30-2)7-4-16)26-28(22)17-5-8-19(24)20(25)13-17/h3-8,13-15H,9-12H2,1-2H3. The van der Waals surface area contributed by atoms with Crippen LogP contribution < -0.4 is 4.74 Å². The minimum absolute atomic E-state index is 0.0276. The number of ether oxygens (including phenoxy) is 1. The lowest BCUT2D eigenvalue weighted by Gasteiger charge is -2.30. The van der Waals surface area contributed by atoms with E-state index in [9.17, 15) is 4.79 Å². The van der Waals surface area contributed by atoms with E-state index in [4.69, 9.17) is 33.0 Å². The molecule has 30 heavy (non-hydrogen) atoms. The van der Waals surface area contributed by atoms with Gasteiger partial charge in [-0.2, -0.15) is 5.10 Å². The van der Waals surface area contributed by atoms with Gasteiger partial charge in [0.2, 0.25) is 0 Å². The molecular weight excluding hydrogens is 421 g/mol. The largest absolute Gasteiger partial charge is 0.497 e. The number of rotatable bonds is 4. The van der Waals surface area contributed by atoms with E-state index in [1.807, 2.05) is 41.3 Å². The van der Waals surface area contributed by atoms with Crippen molar-refractivity contribution in [2.75, 3.05) is 20.2 Å². The van der Waals surface area contributed by atoms with E-state index in [-0.39, 0.29) is 5.91 Å². The van der Waals surface area contributed by atoms with Crippen molar-refractivity contribution in [1.29, 1.82) is 0 Å². The molecular formula is C23H23Cl2N3O2. The van der Waals surface area contributed by atoms with Crippen LogP contribution in [0.5, 0.6) is 5.75 Å². The van der Waals surface area contributed by atoms with E-state index in [1.165, 1.54) is 0 Å². The fourth-order valence-corrected chi connectivity index (χ4v) is 3.92. The second kappa shape index (κ2) is 8.70. The van der Waals surface area contributed by atoms with Crippen molar-refractivity contribution in [3.8, 4) is 22.7 Å². The molecule has 0 atom stereocenters. The molecule has 0 spiro atoms. The molecule has 2 heterocycles. The fourth-order valence-electron chi connectivity index (χ4n) is 3.62. The number of hydrogen-bond donors (Lipinski definition) is 0. The Bertz CT molecular complexity index is 1050. The third-order valence-corrected chi connectivity index (χ3v) is 6.27. The van der Waals surface area contributed by atoms with Gasteiger partial charge in [0, 0.05) is 18.7 Å². The summed E-state index contributed by atoms with van der Waals surface area (Å²) in [6.45, 7) is 3.73. The van der Waals surface area contributed by atoms with Crippen molar-refractivity contribution in [2.24, 2.45) is 5.92 Å². The zero-order valence-electron chi connectivity index (χ0n) is 16.9. The van der Waals surface area contributed by atoms with Crippen LogP contribution in [-0.2, 0) is 0 Å². The third kappa shape index (κ3) is 4.18. The molecule has 0 radical (unpaired) electrons. The van der Waals surface area contributed by atoms with Gasteiger partial charge >= 0.3 is 0 Å². The van der Waals surface area contributed by atoms with Gasteiger partial charge in [0.1, 0.15) is 11.4 Å². The highest BCUT2D eigenvalue weighted by molar-refractivity contribution is 6.42. The molecule has 1 aliphatic heterocycles. The number of benzene rings is 2. The van der Waals surface area contributed by atoms with E-state index < -0.39 is 0 Å². The summed E-state index contributed by atoms with van der Waals surface area (Å²) in [5.74, 6) is 1.38. The van der Waals surface area contributed by atoms with Crippen LogP contribution in [0.4, 0.5) is 0 Å². The molecule has 1 saturated heterocycles. The number of likely N-dealkylation sites (tertiary alicyclic amines) is 1. The SMILES string of the molecule is COc1ccc(-c2cc(C(=O)N3CCC(C)CC3)n(-c3ccc(Cl)c(Cl)c3)n2)cc1. The lowest BCUT2D eigenvalue weighted by Crippen LogP contribution is -2.38. The topological polar surface area (TPSA) is 47.4 Å². The molecule has 0 unspecified atom stereocenters. The molecule has 5 nitrogen and oxygen atoms in total. The molecule has 1 aromatic heterocycles. The summed E-state index contributed by atoms with van der Waals surface area (Å²) in [4.78, 5) is 15.3. The van der Waals surface area contributed by atoms with Gasteiger partial charge in [-0.25, -0.2) is 4.68 Å². The summed E-state index contributed by atoms with van der Waals surface area (Å²) in [6.07, 6.45) is 2.02. The van der Waals surface area contributed by atoms with Crippen LogP contribution in [0.3, 0.4) is 0 Å². The number of carbonyl (C=O) groups excluding carboxylic acids is 1. The predicted molar refractivity (Wildman–Crippen MR) is 120 cm³/mol. The van der Waals surface area contributed by atoms with Gasteiger partial charge in [-0.1, -0.05) is 30.1 Å². The van der Waals surface area contributed by atoms with E-state index in [1.54, 1.807) is 23.9 Å². The zero-order chi connectivity index (χ0) is 21.3. The summed E-state index contributed by atoms with van der Waals surface area (Å²) >= 11 is 12.3. The number of methoxy groups -OCH3 is 1. The average Bonchev–Trinajstić information content (AvgIpc) is 3.21. The van der Waals surface area contributed by atoms with Gasteiger partial charge < -0.3 is 9.64 Å². The lowest BCUT2D eigenvalue weighted by atomic mass is 9.99. The first kappa shape index (κ1) is 20.8. The molecule has 1 fully saturated rings. The number of nitrogens with zero attached hydrogens (tertiary/aromatic N) is 3. The van der Waals surface area contributed by atoms with Crippen molar-refractivity contribution in [3.05, 3.63) is 64.3 Å². The lowest BCUT2D eigenvalue weighted by molar-refractivity contribution is 0.0688. The number of halogens is 2. The van der Waals surface area contributed by atoms with Gasteiger partial charge in [-0.05, 0) is 67.3 Å². The quantitative estimate of drug-likeness (QED) is 0.517. The molecule has 0 saturated carbocycles. The Balaban J connectivity index is 1.76. The molecule has 4 rings (SSSR count). The molecule has 1 amide bonds. The van der Waals surface area contributed by atoms with Gasteiger partial charge in [0.15, 0.2) is 0 Å². The first-order valence-corrected chi connectivity index (χ1v) is 10.7. The molecule has 156 valence electrons. The second-order valence-electron chi connectivity index (χ2n) is 7.63. The van der Waals surface area contributed by atoms with Crippen LogP contribution in [-0.4, -0.2) is 40.8 Å². The first-order valence-electron chi connectivity index (χ1n) is 9.95. The maximum atomic E-state index is 13.4. The van der Waals surface area contributed by atoms with E-state index in [0.717, 1.165) is 37.2 Å². The van der Waals surface area contributed by atoms with Crippen molar-refractivity contribution in [3.63, 3.8) is 0 Å². The second-order valence-corrected chi connectivity index (χ2v) is 8.44. The van der Waals surface area contributed by atoms with E-state index >= 15 is 0 Å². The third-order valence-electron chi connectivity index (χ3n) is 5.53. The summed E-state index contributed by atoms with van der Waals surface area (Å²) in [6, 6.07) is 14.7. The number of aromatic nitrogens is 2. The number of piperidine rings is 1. The predicted octanol–water partition coefficient (Wildman–Crippen LogP) is 5.73. The Hall–Kier alpha value is -2.50. The number of carbonyl (C=O) groups is 1. The highest BCUT2D eigenvalue weighted by Crippen LogP contribution is 2.29. The summed E-state index contributed by atoms with van der Waals surface area (Å²) in [5, 5.41) is 5.61. The Labute approximate surface area is 186 Å². The first-order chi connectivity index (χ1) is 14.5. The smallest absolute Gasteiger partial charge is 0.272 e. The maximum Gasteiger partial charge on any atom is 0.272 e. The minimum Gasteiger partial charge on any atom is -0.497 e. The molecule has 0 aliphatic carbocycles. The van der Waals surface area contributed by atoms with Crippen LogP contribution in [0.25, 0.3) is 16.9 Å². The minimum atomic E-state index is -0.0276. The van der Waals surface area contributed by atoms with Crippen LogP contribution in [0.15, 0.2) is 48.5 Å². The van der Waals surface area contributed by atoms with Gasteiger partial charge in [-0.15, -0.1) is 0 Å². The summed E-state index contributed by atoms with van der Waals surface area (Å²) < 4.78 is 6.90. The highest BCUT2D eigenvalue weighted by atomic mass is 35.5. The highest BCUT2D eigenvalue weighted by Gasteiger charge is 2.26. The monoisotopic (exact) mass is 443 g/mol. The maximum absolute atomic E-state index is 13.4. The van der Waals surface area contributed by atoms with Crippen molar-refractivity contribution in [2.45, 2.75) is 19.8 Å². The van der Waals surface area contributed by atoms with Crippen LogP contribution in [0, 0.1) is 5.92 Å². The molecule has 0 bridgehead atoms. The Morgan fingerprint density at radius 3 is 2.37 bits per heavy atom. The van der Waals surface area contributed by atoms with Gasteiger partial charge in [0.25, 0.3) is 5.91 Å². The van der Waals surface area contributed by atoms with Crippen LogP contribution >= 0.6 is 23.2 Å². The molecule has 0 N–H and O–H groups in total. The Kier molecular flexibility index (Phi) is 6.02. The van der Waals surface area contributed by atoms with Crippen LogP contribution in [0.2, 0.25) is 10.0 Å². The normalized spacial score (nSPS) is 14.7. The van der Waals surface area contributed by atoms with E-state index in [2.05, 4.69) is 6.92 Å². The van der Waals surface area contributed by atoms with Crippen molar-refractivity contribution in [1.82, 2.24) is 14.7 Å². The fraction of sp³-hybridized carbons (Fsp3) is 0.304. The Morgan fingerprint density at radius 2 is 1.73 bits per heavy atom. The van der Waals surface area contributed by atoms with E-state index in [0.29, 0.717) is 33.0 Å². The van der Waals surface area contributed by atoms with Gasteiger partial charge in [-0.3, -0.25) is 4.79 Å². The summed E-state index contributed by atoms with van der Waals surface area (Å²) in [7, 11) is 1.63. The molecule has 1 aliphatic rings. The molecule has 2 aromatic carbocycles. The summed E-state index contributed by atoms with van der Waals surface area (Å²) in [5.41, 5.74) is 2.81. The number of hydrogen-bond acceptors (Lipinski definition) is 3.